The van der Waals surface area contributed by atoms with Crippen molar-refractivity contribution in [1.29, 1.82) is 0 Å². The van der Waals surface area contributed by atoms with Crippen LogP contribution in [0.2, 0.25) is 0 Å². The van der Waals surface area contributed by atoms with Crippen LogP contribution in [-0.4, -0.2) is 0 Å². The van der Waals surface area contributed by atoms with E-state index in [-0.39, 0.29) is 0 Å². The van der Waals surface area contributed by atoms with Gasteiger partial charge >= 0.3 is 0 Å². The van der Waals surface area contributed by atoms with E-state index in [4.69, 9.17) is 17.2 Å². The molecule has 0 fully saturated rings. The van der Waals surface area contributed by atoms with E-state index in [1.807, 2.05) is 36.4 Å². The highest BCUT2D eigenvalue weighted by Gasteiger charge is 2.08. The van der Waals surface area contributed by atoms with Crippen LogP contribution in [0, 0.1) is 0 Å². The van der Waals surface area contributed by atoms with E-state index in [0.29, 0.717) is 17.1 Å². The molecule has 21 heavy (non-hydrogen) atoms. The third kappa shape index (κ3) is 2.41. The van der Waals surface area contributed by atoms with Crippen LogP contribution in [0.25, 0.3) is 22.3 Å². The van der Waals surface area contributed by atoms with Gasteiger partial charge in [0.15, 0.2) is 0 Å². The number of nitrogens with two attached hydrogens (primary N) is 3. The summed E-state index contributed by atoms with van der Waals surface area (Å²) in [5, 5.41) is 0. The summed E-state index contributed by atoms with van der Waals surface area (Å²) in [6.07, 6.45) is 0. The van der Waals surface area contributed by atoms with E-state index in [0.717, 1.165) is 11.1 Å². The normalized spacial score (nSPS) is 10.5. The monoisotopic (exact) mass is 275 g/mol. The van der Waals surface area contributed by atoms with Crippen molar-refractivity contribution in [3.8, 4) is 22.3 Å². The first-order valence-corrected chi connectivity index (χ1v) is 6.76. The van der Waals surface area contributed by atoms with E-state index in [9.17, 15) is 0 Å². The molecule has 0 spiro atoms. The Bertz CT molecular complexity index is 762. The maximum absolute atomic E-state index is 6.06. The zero-order valence-electron chi connectivity index (χ0n) is 11.6. The molecule has 0 saturated heterocycles. The molecule has 0 bridgehead atoms. The first-order chi connectivity index (χ1) is 10.2. The van der Waals surface area contributed by atoms with Gasteiger partial charge < -0.3 is 17.2 Å². The first-order valence-electron chi connectivity index (χ1n) is 6.76. The summed E-state index contributed by atoms with van der Waals surface area (Å²) < 4.78 is 0. The first kappa shape index (κ1) is 13.1. The number of hydrogen-bond acceptors (Lipinski definition) is 3. The fraction of sp³-hybridized carbons (Fsp3) is 0. The maximum atomic E-state index is 6.06. The predicted octanol–water partition coefficient (Wildman–Crippen LogP) is 3.77. The molecule has 0 aliphatic heterocycles. The summed E-state index contributed by atoms with van der Waals surface area (Å²) in [7, 11) is 0. The van der Waals surface area contributed by atoms with Gasteiger partial charge in [-0.15, -0.1) is 0 Å². The van der Waals surface area contributed by atoms with Crippen molar-refractivity contribution in [1.82, 2.24) is 0 Å². The van der Waals surface area contributed by atoms with Crippen LogP contribution in [0.15, 0.2) is 66.7 Å². The number of nitrogen functional groups attached to an aromatic ring is 3. The molecule has 3 nitrogen and oxygen atoms in total. The molecule has 6 N–H and O–H groups in total. The molecular weight excluding hydrogens is 258 g/mol. The molecule has 0 amide bonds. The molecule has 3 rings (SSSR count). The highest BCUT2D eigenvalue weighted by molar-refractivity contribution is 5.90. The summed E-state index contributed by atoms with van der Waals surface area (Å²) in [6, 6.07) is 22.2. The average molecular weight is 275 g/mol. The van der Waals surface area contributed by atoms with Crippen molar-refractivity contribution in [2.75, 3.05) is 17.2 Å². The molecule has 3 aromatic carbocycles. The Morgan fingerprint density at radius 2 is 1.05 bits per heavy atom. The molecule has 104 valence electrons. The van der Waals surface area contributed by atoms with Gasteiger partial charge in [0.25, 0.3) is 0 Å². The lowest BCUT2D eigenvalue weighted by Gasteiger charge is -2.11. The SMILES string of the molecule is Nc1ccc(-c2ccc(-c3ccccc3)cc2)c(N)c1N. The number of rotatable bonds is 2. The molecule has 0 saturated carbocycles. The van der Waals surface area contributed by atoms with Crippen LogP contribution < -0.4 is 17.2 Å². The lowest BCUT2D eigenvalue weighted by Crippen LogP contribution is -2.01. The number of benzene rings is 3. The van der Waals surface area contributed by atoms with E-state index in [1.54, 1.807) is 6.07 Å². The smallest absolute Gasteiger partial charge is 0.0787 e. The van der Waals surface area contributed by atoms with Gasteiger partial charge in [0.2, 0.25) is 0 Å². The fourth-order valence-corrected chi connectivity index (χ4v) is 2.38. The van der Waals surface area contributed by atoms with E-state index >= 15 is 0 Å². The van der Waals surface area contributed by atoms with E-state index < -0.39 is 0 Å². The molecule has 0 heterocycles. The second kappa shape index (κ2) is 5.21. The third-order valence-corrected chi connectivity index (χ3v) is 3.62. The molecule has 0 radical (unpaired) electrons. The number of hydrogen-bond donors (Lipinski definition) is 3. The van der Waals surface area contributed by atoms with Crippen molar-refractivity contribution in [3.63, 3.8) is 0 Å². The van der Waals surface area contributed by atoms with Crippen molar-refractivity contribution in [3.05, 3.63) is 66.7 Å². The van der Waals surface area contributed by atoms with Crippen LogP contribution in [0.5, 0.6) is 0 Å². The molecule has 0 aliphatic rings. The Kier molecular flexibility index (Phi) is 3.24. The summed E-state index contributed by atoms with van der Waals surface area (Å²) in [5.41, 5.74) is 23.5. The Hall–Kier alpha value is -2.94. The second-order valence-corrected chi connectivity index (χ2v) is 4.97. The summed E-state index contributed by atoms with van der Waals surface area (Å²) in [4.78, 5) is 0. The van der Waals surface area contributed by atoms with Crippen LogP contribution in [0.3, 0.4) is 0 Å². The Labute approximate surface area is 124 Å². The molecule has 0 unspecified atom stereocenters. The summed E-state index contributed by atoms with van der Waals surface area (Å²) in [5.74, 6) is 0. The van der Waals surface area contributed by atoms with Gasteiger partial charge in [-0.3, -0.25) is 0 Å². The van der Waals surface area contributed by atoms with Crippen LogP contribution in [0.4, 0.5) is 17.1 Å². The third-order valence-electron chi connectivity index (χ3n) is 3.62. The Morgan fingerprint density at radius 3 is 1.71 bits per heavy atom. The van der Waals surface area contributed by atoms with Crippen molar-refractivity contribution in [2.45, 2.75) is 0 Å². The van der Waals surface area contributed by atoms with Crippen molar-refractivity contribution in [2.24, 2.45) is 0 Å². The van der Waals surface area contributed by atoms with Gasteiger partial charge in [-0.1, -0.05) is 60.7 Å². The molecular formula is C18H17N3. The summed E-state index contributed by atoms with van der Waals surface area (Å²) in [6.45, 7) is 0. The minimum Gasteiger partial charge on any atom is -0.397 e. The van der Waals surface area contributed by atoms with E-state index in [2.05, 4.69) is 24.3 Å². The van der Waals surface area contributed by atoms with Gasteiger partial charge in [0, 0.05) is 5.56 Å². The van der Waals surface area contributed by atoms with Gasteiger partial charge in [0.05, 0.1) is 17.1 Å². The van der Waals surface area contributed by atoms with E-state index in [1.165, 1.54) is 11.1 Å². The van der Waals surface area contributed by atoms with Crippen LogP contribution in [0.1, 0.15) is 0 Å². The average Bonchev–Trinajstić information content (AvgIpc) is 2.54. The number of anilines is 3. The zero-order valence-corrected chi connectivity index (χ0v) is 11.6. The van der Waals surface area contributed by atoms with Gasteiger partial charge in [0.1, 0.15) is 0 Å². The quantitative estimate of drug-likeness (QED) is 0.623. The van der Waals surface area contributed by atoms with Gasteiger partial charge in [-0.2, -0.15) is 0 Å². The van der Waals surface area contributed by atoms with Crippen molar-refractivity contribution < 1.29 is 0 Å². The highest BCUT2D eigenvalue weighted by Crippen LogP contribution is 2.34. The minimum atomic E-state index is 0.444. The maximum Gasteiger partial charge on any atom is 0.0787 e. The molecule has 3 heteroatoms. The fourth-order valence-electron chi connectivity index (χ4n) is 2.38. The Balaban J connectivity index is 2.01. The molecule has 3 aromatic rings. The summed E-state index contributed by atoms with van der Waals surface area (Å²) >= 11 is 0. The highest BCUT2D eigenvalue weighted by atomic mass is 14.7. The molecule has 0 aromatic heterocycles. The van der Waals surface area contributed by atoms with Crippen LogP contribution >= 0.6 is 0 Å². The van der Waals surface area contributed by atoms with Gasteiger partial charge in [-0.25, -0.2) is 0 Å². The predicted molar refractivity (Wildman–Crippen MR) is 90.6 cm³/mol. The zero-order chi connectivity index (χ0) is 14.8. The standard InChI is InChI=1S/C18H17N3/c19-16-11-10-15(17(20)18(16)21)14-8-6-13(7-9-14)12-4-2-1-3-5-12/h1-11H,19-21H2. The lowest BCUT2D eigenvalue weighted by molar-refractivity contribution is 1.58. The van der Waals surface area contributed by atoms with Gasteiger partial charge in [-0.05, 0) is 22.8 Å². The topological polar surface area (TPSA) is 78.1 Å². The lowest BCUT2D eigenvalue weighted by atomic mass is 9.98. The Morgan fingerprint density at radius 1 is 0.476 bits per heavy atom. The second-order valence-electron chi connectivity index (χ2n) is 4.97. The van der Waals surface area contributed by atoms with Crippen molar-refractivity contribution >= 4 is 17.1 Å². The minimum absolute atomic E-state index is 0.444. The van der Waals surface area contributed by atoms with Crippen LogP contribution in [-0.2, 0) is 0 Å². The molecule has 0 aliphatic carbocycles. The largest absolute Gasteiger partial charge is 0.397 e. The molecule has 0 atom stereocenters.